The van der Waals surface area contributed by atoms with Crippen LogP contribution < -0.4 is 10.3 Å². The molecule has 0 unspecified atom stereocenters. The normalized spacial score (nSPS) is 10.6. The summed E-state index contributed by atoms with van der Waals surface area (Å²) in [7, 11) is 0. The molecule has 0 fully saturated rings. The van der Waals surface area contributed by atoms with E-state index in [9.17, 15) is 9.90 Å². The van der Waals surface area contributed by atoms with Gasteiger partial charge in [0.2, 0.25) is 0 Å². The van der Waals surface area contributed by atoms with Gasteiger partial charge in [0.05, 0.1) is 18.8 Å². The predicted octanol–water partition coefficient (Wildman–Crippen LogP) is 2.36. The lowest BCUT2D eigenvalue weighted by atomic mass is 10.2. The molecule has 0 saturated carbocycles. The van der Waals surface area contributed by atoms with E-state index < -0.39 is 5.56 Å². The zero-order valence-electron chi connectivity index (χ0n) is 11.3. The molecule has 106 valence electrons. The van der Waals surface area contributed by atoms with Crippen LogP contribution in [0, 0.1) is 6.92 Å². The molecular weight excluding hydrogens is 280 g/mol. The van der Waals surface area contributed by atoms with Crippen LogP contribution in [0.5, 0.6) is 11.5 Å². The molecule has 1 heterocycles. The Labute approximate surface area is 121 Å². The van der Waals surface area contributed by atoms with Crippen LogP contribution in [0.3, 0.4) is 0 Å². The summed E-state index contributed by atoms with van der Waals surface area (Å²) >= 11 is 6.17. The first-order valence-electron chi connectivity index (χ1n) is 6.20. The minimum absolute atomic E-state index is 0.115. The van der Waals surface area contributed by atoms with Gasteiger partial charge in [-0.15, -0.1) is 0 Å². The van der Waals surface area contributed by atoms with E-state index in [0.29, 0.717) is 28.6 Å². The van der Waals surface area contributed by atoms with Crippen LogP contribution in [0.4, 0.5) is 0 Å². The van der Waals surface area contributed by atoms with E-state index in [1.165, 1.54) is 4.68 Å². The summed E-state index contributed by atoms with van der Waals surface area (Å²) < 4.78 is 6.76. The fourth-order valence-corrected chi connectivity index (χ4v) is 2.05. The summed E-state index contributed by atoms with van der Waals surface area (Å²) in [5.41, 5.74) is 0.681. The van der Waals surface area contributed by atoms with Gasteiger partial charge < -0.3 is 9.84 Å². The summed E-state index contributed by atoms with van der Waals surface area (Å²) in [6, 6.07) is 6.45. The third kappa shape index (κ3) is 2.93. The number of nitrogens with zero attached hydrogens (tertiary/aromatic N) is 2. The summed E-state index contributed by atoms with van der Waals surface area (Å²) in [5, 5.41) is 14.0. The van der Waals surface area contributed by atoms with Crippen molar-refractivity contribution < 1.29 is 9.84 Å². The van der Waals surface area contributed by atoms with Gasteiger partial charge in [-0.2, -0.15) is 5.10 Å². The van der Waals surface area contributed by atoms with Crippen LogP contribution >= 0.6 is 11.6 Å². The van der Waals surface area contributed by atoms with Crippen molar-refractivity contribution in [2.24, 2.45) is 0 Å². The van der Waals surface area contributed by atoms with Crippen LogP contribution in [0.1, 0.15) is 18.2 Å². The molecule has 0 atom stereocenters. The Morgan fingerprint density at radius 2 is 2.20 bits per heavy atom. The number of aryl methyl sites for hydroxylation is 1. The average Bonchev–Trinajstić information content (AvgIpc) is 2.40. The molecule has 0 aliphatic carbocycles. The highest BCUT2D eigenvalue weighted by Gasteiger charge is 2.11. The number of ether oxygens (including phenoxy) is 1. The van der Waals surface area contributed by atoms with Crippen LogP contribution in [0.25, 0.3) is 0 Å². The Morgan fingerprint density at radius 3 is 2.90 bits per heavy atom. The summed E-state index contributed by atoms with van der Waals surface area (Å²) in [4.78, 5) is 11.8. The van der Waals surface area contributed by atoms with Crippen molar-refractivity contribution in [2.45, 2.75) is 20.4 Å². The molecular formula is C14H15ClN2O3. The monoisotopic (exact) mass is 294 g/mol. The zero-order chi connectivity index (χ0) is 14.7. The van der Waals surface area contributed by atoms with Crippen LogP contribution in [-0.4, -0.2) is 21.5 Å². The zero-order valence-corrected chi connectivity index (χ0v) is 12.0. The fourth-order valence-electron chi connectivity index (χ4n) is 1.82. The first kappa shape index (κ1) is 14.4. The molecule has 0 aliphatic rings. The molecule has 0 radical (unpaired) electrons. The second-order valence-electron chi connectivity index (χ2n) is 4.26. The highest BCUT2D eigenvalue weighted by atomic mass is 35.5. The molecule has 20 heavy (non-hydrogen) atoms. The third-order valence-electron chi connectivity index (χ3n) is 2.84. The maximum Gasteiger partial charge on any atom is 0.270 e. The summed E-state index contributed by atoms with van der Waals surface area (Å²) in [6.07, 6.45) is 0. The van der Waals surface area contributed by atoms with Gasteiger partial charge in [0.15, 0.2) is 0 Å². The molecule has 0 bridgehead atoms. The number of benzene rings is 1. The highest BCUT2D eigenvalue weighted by Crippen LogP contribution is 2.27. The molecule has 2 aromatic rings. The Bertz CT molecular complexity index is 683. The van der Waals surface area contributed by atoms with Crippen molar-refractivity contribution in [3.63, 3.8) is 0 Å². The summed E-state index contributed by atoms with van der Waals surface area (Å²) in [6.45, 7) is 4.19. The number of aromatic hydroxyl groups is 1. The van der Waals surface area contributed by atoms with Gasteiger partial charge in [0.1, 0.15) is 11.5 Å². The molecule has 2 rings (SSSR count). The van der Waals surface area contributed by atoms with Gasteiger partial charge in [0, 0.05) is 16.7 Å². The molecule has 1 N–H and O–H groups in total. The average molecular weight is 295 g/mol. The van der Waals surface area contributed by atoms with Crippen LogP contribution in [-0.2, 0) is 6.54 Å². The van der Waals surface area contributed by atoms with Gasteiger partial charge >= 0.3 is 0 Å². The van der Waals surface area contributed by atoms with Crippen molar-refractivity contribution in [3.8, 4) is 11.5 Å². The van der Waals surface area contributed by atoms with Gasteiger partial charge in [-0.25, -0.2) is 4.68 Å². The van der Waals surface area contributed by atoms with Crippen molar-refractivity contribution in [1.82, 2.24) is 9.78 Å². The largest absolute Gasteiger partial charge is 0.506 e. The SMILES string of the molecule is CCOc1cccc(Cl)c1Cn1nc(C)c(O)cc1=O. The number of hydrogen-bond acceptors (Lipinski definition) is 4. The van der Waals surface area contributed by atoms with E-state index in [-0.39, 0.29) is 12.3 Å². The molecule has 0 aliphatic heterocycles. The number of halogens is 1. The number of aromatic nitrogens is 2. The Morgan fingerprint density at radius 1 is 1.45 bits per heavy atom. The summed E-state index contributed by atoms with van der Waals surface area (Å²) in [5.74, 6) is 0.509. The molecule has 0 amide bonds. The van der Waals surface area contributed by atoms with E-state index in [0.717, 1.165) is 6.07 Å². The number of hydrogen-bond donors (Lipinski definition) is 1. The third-order valence-corrected chi connectivity index (χ3v) is 3.19. The molecule has 1 aromatic heterocycles. The molecule has 0 saturated heterocycles. The first-order valence-corrected chi connectivity index (χ1v) is 6.58. The minimum atomic E-state index is -0.393. The van der Waals surface area contributed by atoms with E-state index in [2.05, 4.69) is 5.10 Å². The first-order chi connectivity index (χ1) is 9.52. The highest BCUT2D eigenvalue weighted by molar-refractivity contribution is 6.31. The quantitative estimate of drug-likeness (QED) is 0.940. The maximum absolute atomic E-state index is 11.8. The van der Waals surface area contributed by atoms with E-state index in [4.69, 9.17) is 16.3 Å². The lowest BCUT2D eigenvalue weighted by Crippen LogP contribution is -2.23. The molecule has 6 heteroatoms. The molecule has 0 spiro atoms. The second-order valence-corrected chi connectivity index (χ2v) is 4.67. The van der Waals surface area contributed by atoms with E-state index in [1.54, 1.807) is 25.1 Å². The van der Waals surface area contributed by atoms with Crippen LogP contribution in [0.2, 0.25) is 5.02 Å². The predicted molar refractivity (Wildman–Crippen MR) is 76.6 cm³/mol. The lowest BCUT2D eigenvalue weighted by molar-refractivity contribution is 0.335. The Hall–Kier alpha value is -2.01. The van der Waals surface area contributed by atoms with Gasteiger partial charge in [-0.05, 0) is 26.0 Å². The lowest BCUT2D eigenvalue weighted by Gasteiger charge is -2.13. The van der Waals surface area contributed by atoms with Crippen molar-refractivity contribution >= 4 is 11.6 Å². The van der Waals surface area contributed by atoms with E-state index >= 15 is 0 Å². The van der Waals surface area contributed by atoms with Crippen molar-refractivity contribution in [3.05, 3.63) is 50.9 Å². The molecule has 5 nitrogen and oxygen atoms in total. The van der Waals surface area contributed by atoms with Gasteiger partial charge in [-0.3, -0.25) is 4.79 Å². The topological polar surface area (TPSA) is 64.3 Å². The van der Waals surface area contributed by atoms with E-state index in [1.807, 2.05) is 6.92 Å². The molecule has 1 aromatic carbocycles. The van der Waals surface area contributed by atoms with Crippen molar-refractivity contribution in [1.29, 1.82) is 0 Å². The second kappa shape index (κ2) is 5.96. The maximum atomic E-state index is 11.8. The van der Waals surface area contributed by atoms with Gasteiger partial charge in [-0.1, -0.05) is 17.7 Å². The number of rotatable bonds is 4. The Kier molecular flexibility index (Phi) is 4.29. The van der Waals surface area contributed by atoms with Crippen molar-refractivity contribution in [2.75, 3.05) is 6.61 Å². The van der Waals surface area contributed by atoms with Crippen LogP contribution in [0.15, 0.2) is 29.1 Å². The van der Waals surface area contributed by atoms with Gasteiger partial charge in [0.25, 0.3) is 5.56 Å². The smallest absolute Gasteiger partial charge is 0.270 e. The standard InChI is InChI=1S/C14H15ClN2O3/c1-3-20-13-6-4-5-11(15)10(13)8-17-14(19)7-12(18)9(2)16-17/h4-7,18H,3,8H2,1-2H3. The fraction of sp³-hybridized carbons (Fsp3) is 0.286. The Balaban J connectivity index is 2.45. The minimum Gasteiger partial charge on any atom is -0.506 e.